The highest BCUT2D eigenvalue weighted by Crippen LogP contribution is 2.37. The maximum atomic E-state index is 12.9. The van der Waals surface area contributed by atoms with Gasteiger partial charge < -0.3 is 24.7 Å². The zero-order valence-corrected chi connectivity index (χ0v) is 18.0. The van der Waals surface area contributed by atoms with E-state index in [1.807, 2.05) is 24.3 Å². The van der Waals surface area contributed by atoms with Crippen molar-refractivity contribution in [1.82, 2.24) is 0 Å². The van der Waals surface area contributed by atoms with Crippen LogP contribution < -0.4 is 19.9 Å². The number of ether oxygens (including phenoxy) is 4. The fraction of sp³-hybridized carbons (Fsp3) is 0.409. The van der Waals surface area contributed by atoms with E-state index in [9.17, 15) is 4.79 Å². The van der Waals surface area contributed by atoms with Gasteiger partial charge in [0.2, 0.25) is 0 Å². The highest BCUT2D eigenvalue weighted by Gasteiger charge is 2.32. The summed E-state index contributed by atoms with van der Waals surface area (Å²) in [4.78, 5) is 12.9. The van der Waals surface area contributed by atoms with Crippen LogP contribution in [0.5, 0.6) is 17.2 Å². The molecule has 0 aliphatic carbocycles. The summed E-state index contributed by atoms with van der Waals surface area (Å²) in [5, 5.41) is 0.489. The molecule has 0 saturated carbocycles. The first-order valence-electron chi connectivity index (χ1n) is 9.40. The molecule has 0 saturated heterocycles. The molecule has 6 nitrogen and oxygen atoms in total. The van der Waals surface area contributed by atoms with E-state index in [4.69, 9.17) is 36.3 Å². The Labute approximate surface area is 176 Å². The third kappa shape index (κ3) is 5.34. The van der Waals surface area contributed by atoms with Crippen LogP contribution in [0, 0.1) is 5.92 Å². The molecule has 0 aromatic heterocycles. The largest absolute Gasteiger partial charge is 0.495 e. The lowest BCUT2D eigenvalue weighted by Gasteiger charge is -2.26. The molecule has 2 rings (SSSR count). The molecule has 7 heteroatoms. The molecule has 2 aromatic rings. The lowest BCUT2D eigenvalue weighted by Crippen LogP contribution is -2.31. The van der Waals surface area contributed by atoms with Gasteiger partial charge in [-0.25, -0.2) is 0 Å². The quantitative estimate of drug-likeness (QED) is 0.587. The standard InChI is InChI=1S/C22H28ClNO5/c1-5-29-22(25)16(11-15-7-6-8-18(23)21(15)28-4)17(13-24)14-9-10-19(26-2)20(12-14)27-3/h6-10,12,16-17H,5,11,13,24H2,1-4H3. The van der Waals surface area contributed by atoms with Gasteiger partial charge in [-0.1, -0.05) is 29.8 Å². The Kier molecular flexibility index (Phi) is 8.61. The normalized spacial score (nSPS) is 12.8. The van der Waals surface area contributed by atoms with Gasteiger partial charge >= 0.3 is 5.97 Å². The van der Waals surface area contributed by atoms with E-state index in [2.05, 4.69) is 0 Å². The average Bonchev–Trinajstić information content (AvgIpc) is 2.73. The summed E-state index contributed by atoms with van der Waals surface area (Å²) in [5.41, 5.74) is 7.80. The molecular formula is C22H28ClNO5. The van der Waals surface area contributed by atoms with E-state index in [-0.39, 0.29) is 25.0 Å². The Morgan fingerprint density at radius 3 is 2.38 bits per heavy atom. The topological polar surface area (TPSA) is 80.0 Å². The van der Waals surface area contributed by atoms with Crippen LogP contribution in [0.25, 0.3) is 0 Å². The molecule has 2 atom stereocenters. The van der Waals surface area contributed by atoms with Crippen molar-refractivity contribution in [2.45, 2.75) is 19.3 Å². The van der Waals surface area contributed by atoms with Crippen molar-refractivity contribution in [2.75, 3.05) is 34.5 Å². The SMILES string of the molecule is CCOC(=O)C(Cc1cccc(Cl)c1OC)C(CN)c1ccc(OC)c(OC)c1. The summed E-state index contributed by atoms with van der Waals surface area (Å²) >= 11 is 6.26. The second-order valence-corrected chi connectivity index (χ2v) is 6.86. The summed E-state index contributed by atoms with van der Waals surface area (Å²) < 4.78 is 21.5. The second kappa shape index (κ2) is 10.9. The van der Waals surface area contributed by atoms with Crippen LogP contribution >= 0.6 is 11.6 Å². The van der Waals surface area contributed by atoms with Crippen molar-refractivity contribution >= 4 is 17.6 Å². The lowest BCUT2D eigenvalue weighted by molar-refractivity contribution is -0.148. The van der Waals surface area contributed by atoms with E-state index >= 15 is 0 Å². The third-order valence-corrected chi connectivity index (χ3v) is 5.15. The molecule has 0 aliphatic rings. The minimum absolute atomic E-state index is 0.252. The third-order valence-electron chi connectivity index (χ3n) is 4.86. The molecule has 2 unspecified atom stereocenters. The number of carbonyl (C=O) groups is 1. The van der Waals surface area contributed by atoms with Gasteiger partial charge in [-0.15, -0.1) is 0 Å². The maximum absolute atomic E-state index is 12.9. The second-order valence-electron chi connectivity index (χ2n) is 6.45. The number of esters is 1. The molecule has 0 fully saturated rings. The van der Waals surface area contributed by atoms with Crippen molar-refractivity contribution in [1.29, 1.82) is 0 Å². The lowest BCUT2D eigenvalue weighted by atomic mass is 9.81. The number of rotatable bonds is 10. The van der Waals surface area contributed by atoms with E-state index in [1.54, 1.807) is 40.4 Å². The summed E-state index contributed by atoms with van der Waals surface area (Å²) in [5.74, 6) is 0.594. The molecule has 0 heterocycles. The van der Waals surface area contributed by atoms with Crippen LogP contribution in [0.15, 0.2) is 36.4 Å². The van der Waals surface area contributed by atoms with Crippen molar-refractivity contribution in [3.05, 3.63) is 52.5 Å². The van der Waals surface area contributed by atoms with Gasteiger partial charge in [-0.2, -0.15) is 0 Å². The zero-order chi connectivity index (χ0) is 21.4. The molecule has 0 aliphatic heterocycles. The van der Waals surface area contributed by atoms with Crippen LogP contribution in [0.3, 0.4) is 0 Å². The van der Waals surface area contributed by atoms with E-state index in [1.165, 1.54) is 0 Å². The number of para-hydroxylation sites is 1. The van der Waals surface area contributed by atoms with Crippen molar-refractivity contribution in [3.8, 4) is 17.2 Å². The summed E-state index contributed by atoms with van der Waals surface area (Å²) in [6.45, 7) is 2.32. The molecule has 158 valence electrons. The van der Waals surface area contributed by atoms with Crippen LogP contribution in [-0.2, 0) is 16.0 Å². The Morgan fingerprint density at radius 1 is 1.07 bits per heavy atom. The van der Waals surface area contributed by atoms with Gasteiger partial charge in [0.1, 0.15) is 5.75 Å². The number of nitrogens with two attached hydrogens (primary N) is 1. The highest BCUT2D eigenvalue weighted by molar-refractivity contribution is 6.32. The Bertz CT molecular complexity index is 827. The summed E-state index contributed by atoms with van der Waals surface area (Å²) in [6, 6.07) is 11.0. The molecule has 0 radical (unpaired) electrons. The molecule has 2 aromatic carbocycles. The Hall–Kier alpha value is -2.44. The average molecular weight is 422 g/mol. The zero-order valence-electron chi connectivity index (χ0n) is 17.2. The fourth-order valence-electron chi connectivity index (χ4n) is 3.44. The smallest absolute Gasteiger partial charge is 0.309 e. The first kappa shape index (κ1) is 22.8. The van der Waals surface area contributed by atoms with Gasteiger partial charge in [0, 0.05) is 12.5 Å². The van der Waals surface area contributed by atoms with Crippen molar-refractivity contribution < 1.29 is 23.7 Å². The number of halogens is 1. The molecule has 2 N–H and O–H groups in total. The molecule has 0 amide bonds. The number of carbonyl (C=O) groups excluding carboxylic acids is 1. The minimum Gasteiger partial charge on any atom is -0.495 e. The van der Waals surface area contributed by atoms with Crippen molar-refractivity contribution in [2.24, 2.45) is 11.7 Å². The molecule has 0 bridgehead atoms. The molecular weight excluding hydrogens is 394 g/mol. The van der Waals surface area contributed by atoms with Gasteiger partial charge in [0.05, 0.1) is 38.9 Å². The first-order chi connectivity index (χ1) is 14.0. The van der Waals surface area contributed by atoms with Gasteiger partial charge in [0.25, 0.3) is 0 Å². The van der Waals surface area contributed by atoms with Crippen LogP contribution in [-0.4, -0.2) is 40.5 Å². The maximum Gasteiger partial charge on any atom is 0.309 e. The molecule has 0 spiro atoms. The van der Waals surface area contributed by atoms with Crippen LogP contribution in [0.1, 0.15) is 24.0 Å². The van der Waals surface area contributed by atoms with Crippen LogP contribution in [0.2, 0.25) is 5.02 Å². The van der Waals surface area contributed by atoms with Gasteiger partial charge in [-0.3, -0.25) is 4.79 Å². The van der Waals surface area contributed by atoms with Crippen LogP contribution in [0.4, 0.5) is 0 Å². The van der Waals surface area contributed by atoms with E-state index in [0.29, 0.717) is 28.7 Å². The Morgan fingerprint density at radius 2 is 1.79 bits per heavy atom. The summed E-state index contributed by atoms with van der Waals surface area (Å²) in [6.07, 6.45) is 0.374. The number of hydrogen-bond donors (Lipinski definition) is 1. The first-order valence-corrected chi connectivity index (χ1v) is 9.78. The van der Waals surface area contributed by atoms with E-state index < -0.39 is 5.92 Å². The Balaban J connectivity index is 2.47. The number of benzene rings is 2. The highest BCUT2D eigenvalue weighted by atomic mass is 35.5. The fourth-order valence-corrected chi connectivity index (χ4v) is 3.71. The predicted octanol–water partition coefficient (Wildman–Crippen LogP) is 3.83. The number of methoxy groups -OCH3 is 3. The minimum atomic E-state index is -0.523. The van der Waals surface area contributed by atoms with Gasteiger partial charge in [-0.05, 0) is 42.7 Å². The predicted molar refractivity (Wildman–Crippen MR) is 113 cm³/mol. The summed E-state index contributed by atoms with van der Waals surface area (Å²) in [7, 11) is 4.70. The van der Waals surface area contributed by atoms with E-state index in [0.717, 1.165) is 11.1 Å². The number of hydrogen-bond acceptors (Lipinski definition) is 6. The monoisotopic (exact) mass is 421 g/mol. The molecule has 29 heavy (non-hydrogen) atoms. The van der Waals surface area contributed by atoms with Crippen molar-refractivity contribution in [3.63, 3.8) is 0 Å². The van der Waals surface area contributed by atoms with Gasteiger partial charge in [0.15, 0.2) is 11.5 Å².